The Balaban J connectivity index is 1.55. The molecule has 6 aromatic rings. The quantitative estimate of drug-likeness (QED) is 0.271. The summed E-state index contributed by atoms with van der Waals surface area (Å²) < 4.78 is 16.8. The summed E-state index contributed by atoms with van der Waals surface area (Å²) in [6.07, 6.45) is 0. The number of aryl methyl sites for hydroxylation is 5. The fourth-order valence-corrected chi connectivity index (χ4v) is 4.80. The highest BCUT2D eigenvalue weighted by Crippen LogP contribution is 2.42. The third kappa shape index (κ3) is 3.70. The van der Waals surface area contributed by atoms with Crippen LogP contribution in [-0.4, -0.2) is 32.4 Å². The Morgan fingerprint density at radius 2 is 1.65 bits per heavy atom. The first kappa shape index (κ1) is 22.8. The fourth-order valence-electron chi connectivity index (χ4n) is 4.80. The van der Waals surface area contributed by atoms with E-state index in [0.717, 1.165) is 55.8 Å². The number of ether oxygens (including phenoxy) is 1. The van der Waals surface area contributed by atoms with Crippen molar-refractivity contribution in [2.24, 2.45) is 0 Å². The maximum absolute atomic E-state index is 5.81. The molecule has 0 spiro atoms. The molecule has 0 aliphatic rings. The molecular weight excluding hydrogens is 468 g/mol. The second-order valence-electron chi connectivity index (χ2n) is 9.22. The first-order valence-corrected chi connectivity index (χ1v) is 12.0. The highest BCUT2D eigenvalue weighted by atomic mass is 16.5. The molecule has 0 atom stereocenters. The molecule has 37 heavy (non-hydrogen) atoms. The molecule has 6 rings (SSSR count). The zero-order valence-corrected chi connectivity index (χ0v) is 21.5. The van der Waals surface area contributed by atoms with Crippen LogP contribution in [0, 0.1) is 34.6 Å². The average molecular weight is 495 g/mol. The first-order valence-electron chi connectivity index (χ1n) is 12.0. The van der Waals surface area contributed by atoms with Gasteiger partial charge in [0.1, 0.15) is 40.2 Å². The SMILES string of the molecule is COc1cc2c(cc1-c1c(C)noc1C)[nH]c1nc(C)nc(Nc3c(-c4ccc(C)cc4)noc3C)c12. The molecule has 0 aliphatic heterocycles. The van der Waals surface area contributed by atoms with Crippen LogP contribution in [-0.2, 0) is 0 Å². The van der Waals surface area contributed by atoms with E-state index in [-0.39, 0.29) is 0 Å². The molecule has 4 heterocycles. The van der Waals surface area contributed by atoms with E-state index in [9.17, 15) is 0 Å². The highest BCUT2D eigenvalue weighted by molar-refractivity contribution is 6.13. The number of nitrogens with zero attached hydrogens (tertiary/aromatic N) is 4. The van der Waals surface area contributed by atoms with Crippen molar-refractivity contribution >= 4 is 33.4 Å². The van der Waals surface area contributed by atoms with Crippen molar-refractivity contribution in [3.63, 3.8) is 0 Å². The van der Waals surface area contributed by atoms with Crippen molar-refractivity contribution in [3.05, 3.63) is 65.0 Å². The maximum atomic E-state index is 5.81. The molecule has 0 saturated carbocycles. The van der Waals surface area contributed by atoms with E-state index in [0.29, 0.717) is 28.8 Å². The fraction of sp³-hybridized carbons (Fsp3) is 0.214. The molecule has 186 valence electrons. The Hall–Kier alpha value is -4.66. The van der Waals surface area contributed by atoms with Gasteiger partial charge in [-0.3, -0.25) is 0 Å². The third-order valence-corrected chi connectivity index (χ3v) is 6.62. The molecule has 0 amide bonds. The van der Waals surface area contributed by atoms with E-state index < -0.39 is 0 Å². The van der Waals surface area contributed by atoms with Gasteiger partial charge >= 0.3 is 0 Å². The number of methoxy groups -OCH3 is 1. The van der Waals surface area contributed by atoms with Gasteiger partial charge in [-0.25, -0.2) is 9.97 Å². The number of hydrogen-bond acceptors (Lipinski definition) is 8. The van der Waals surface area contributed by atoms with E-state index in [4.69, 9.17) is 18.8 Å². The Bertz CT molecular complexity index is 1770. The Kier molecular flexibility index (Phi) is 5.22. The van der Waals surface area contributed by atoms with Crippen LogP contribution in [0.25, 0.3) is 44.3 Å². The molecule has 2 N–H and O–H groups in total. The molecular formula is C28H26N6O3. The molecule has 0 radical (unpaired) electrons. The van der Waals surface area contributed by atoms with Crippen LogP contribution >= 0.6 is 0 Å². The molecule has 0 aliphatic carbocycles. The second-order valence-corrected chi connectivity index (χ2v) is 9.22. The number of fused-ring (bicyclic) bond motifs is 3. The number of aromatic nitrogens is 5. The first-order chi connectivity index (χ1) is 17.8. The lowest BCUT2D eigenvalue weighted by atomic mass is 10.0. The third-order valence-electron chi connectivity index (χ3n) is 6.62. The van der Waals surface area contributed by atoms with E-state index >= 15 is 0 Å². The van der Waals surface area contributed by atoms with E-state index in [1.54, 1.807) is 7.11 Å². The number of anilines is 2. The summed E-state index contributed by atoms with van der Waals surface area (Å²) in [5.74, 6) is 3.38. The summed E-state index contributed by atoms with van der Waals surface area (Å²) in [7, 11) is 1.66. The number of nitrogens with one attached hydrogen (secondary N) is 2. The van der Waals surface area contributed by atoms with Gasteiger partial charge in [0.25, 0.3) is 0 Å². The van der Waals surface area contributed by atoms with Gasteiger partial charge in [-0.2, -0.15) is 0 Å². The van der Waals surface area contributed by atoms with Crippen molar-refractivity contribution in [3.8, 4) is 28.1 Å². The van der Waals surface area contributed by atoms with Gasteiger partial charge in [-0.15, -0.1) is 0 Å². The van der Waals surface area contributed by atoms with Crippen LogP contribution in [0.5, 0.6) is 5.75 Å². The zero-order chi connectivity index (χ0) is 25.8. The summed E-state index contributed by atoms with van der Waals surface area (Å²) in [5, 5.41) is 13.7. The van der Waals surface area contributed by atoms with Crippen molar-refractivity contribution in [1.29, 1.82) is 0 Å². The predicted octanol–water partition coefficient (Wildman–Crippen LogP) is 6.72. The molecule has 9 heteroatoms. The van der Waals surface area contributed by atoms with Crippen LogP contribution < -0.4 is 10.1 Å². The second kappa shape index (κ2) is 8.48. The van der Waals surface area contributed by atoms with E-state index in [1.165, 1.54) is 5.56 Å². The summed E-state index contributed by atoms with van der Waals surface area (Å²) in [5.41, 5.74) is 7.85. The Labute approximate surface area is 212 Å². The zero-order valence-electron chi connectivity index (χ0n) is 21.5. The monoisotopic (exact) mass is 494 g/mol. The van der Waals surface area contributed by atoms with Gasteiger partial charge in [-0.1, -0.05) is 40.1 Å². The number of rotatable bonds is 5. The van der Waals surface area contributed by atoms with Crippen LogP contribution in [0.2, 0.25) is 0 Å². The van der Waals surface area contributed by atoms with Crippen molar-refractivity contribution in [1.82, 2.24) is 25.3 Å². The van der Waals surface area contributed by atoms with Gasteiger partial charge in [-0.05, 0) is 46.8 Å². The summed E-state index contributed by atoms with van der Waals surface area (Å²) >= 11 is 0. The maximum Gasteiger partial charge on any atom is 0.157 e. The smallest absolute Gasteiger partial charge is 0.157 e. The number of benzene rings is 2. The topological polar surface area (TPSA) is 115 Å². The van der Waals surface area contributed by atoms with Crippen molar-refractivity contribution < 1.29 is 13.8 Å². The number of H-pyrrole nitrogens is 1. The van der Waals surface area contributed by atoms with Gasteiger partial charge in [0.15, 0.2) is 5.76 Å². The molecule has 0 unspecified atom stereocenters. The van der Waals surface area contributed by atoms with Gasteiger partial charge in [0.2, 0.25) is 0 Å². The van der Waals surface area contributed by atoms with Gasteiger partial charge < -0.3 is 24.1 Å². The molecule has 9 nitrogen and oxygen atoms in total. The minimum Gasteiger partial charge on any atom is -0.496 e. The lowest BCUT2D eigenvalue weighted by Crippen LogP contribution is -2.00. The lowest BCUT2D eigenvalue weighted by Gasteiger charge is -2.11. The molecule has 0 fully saturated rings. The van der Waals surface area contributed by atoms with E-state index in [2.05, 4.69) is 44.7 Å². The van der Waals surface area contributed by atoms with Gasteiger partial charge in [0, 0.05) is 22.0 Å². The Morgan fingerprint density at radius 1 is 0.892 bits per heavy atom. The normalized spacial score (nSPS) is 11.5. The summed E-state index contributed by atoms with van der Waals surface area (Å²) in [6, 6.07) is 12.2. The van der Waals surface area contributed by atoms with E-state index in [1.807, 2.05) is 52.0 Å². The van der Waals surface area contributed by atoms with Crippen molar-refractivity contribution in [2.45, 2.75) is 34.6 Å². The van der Waals surface area contributed by atoms with Crippen LogP contribution in [0.15, 0.2) is 45.4 Å². The van der Waals surface area contributed by atoms with Crippen LogP contribution in [0.4, 0.5) is 11.5 Å². The number of hydrogen-bond donors (Lipinski definition) is 2. The average Bonchev–Trinajstić information content (AvgIpc) is 3.53. The van der Waals surface area contributed by atoms with Crippen LogP contribution in [0.3, 0.4) is 0 Å². The molecule has 0 saturated heterocycles. The largest absolute Gasteiger partial charge is 0.496 e. The van der Waals surface area contributed by atoms with Crippen LogP contribution in [0.1, 0.15) is 28.6 Å². The predicted molar refractivity (Wildman–Crippen MR) is 142 cm³/mol. The molecule has 0 bridgehead atoms. The molecule has 2 aromatic carbocycles. The number of aromatic amines is 1. The summed E-state index contributed by atoms with van der Waals surface area (Å²) in [4.78, 5) is 12.9. The highest BCUT2D eigenvalue weighted by Gasteiger charge is 2.22. The van der Waals surface area contributed by atoms with Crippen molar-refractivity contribution in [2.75, 3.05) is 12.4 Å². The summed E-state index contributed by atoms with van der Waals surface area (Å²) in [6.45, 7) is 9.62. The lowest BCUT2D eigenvalue weighted by molar-refractivity contribution is 0.393. The standard InChI is InChI=1S/C28H26N6O3/c1-13-7-9-18(10-8-13)26-25(16(4)37-34-26)32-28-24-19-12-22(35-6)20(23-14(2)33-36-15(23)3)11-21(19)31-27(24)29-17(5)30-28/h7-12H,1-6H3,(H2,29,30,31,32). The Morgan fingerprint density at radius 3 is 2.35 bits per heavy atom. The van der Waals surface area contributed by atoms with Gasteiger partial charge in [0.05, 0.1) is 23.8 Å². The minimum absolute atomic E-state index is 0.630. The minimum atomic E-state index is 0.630. The molecule has 4 aromatic heterocycles.